The van der Waals surface area contributed by atoms with E-state index in [-0.39, 0.29) is 5.84 Å². The molecule has 0 unspecified atom stereocenters. The summed E-state index contributed by atoms with van der Waals surface area (Å²) in [6.45, 7) is 0. The smallest absolute Gasteiger partial charge is 0.258 e. The van der Waals surface area contributed by atoms with E-state index in [9.17, 15) is 4.79 Å². The Morgan fingerprint density at radius 1 is 1.55 bits per heavy atom. The van der Waals surface area contributed by atoms with Gasteiger partial charge in [0.1, 0.15) is 5.75 Å². The SMILES string of the molecule is COc1cccc(/C(N)=N/O)c1NC(=O)c1cn[nH]c1. The molecule has 0 saturated carbocycles. The van der Waals surface area contributed by atoms with Gasteiger partial charge in [-0.1, -0.05) is 11.2 Å². The van der Waals surface area contributed by atoms with Crippen LogP contribution in [0.15, 0.2) is 35.7 Å². The fourth-order valence-corrected chi connectivity index (χ4v) is 1.66. The summed E-state index contributed by atoms with van der Waals surface area (Å²) in [5.41, 5.74) is 6.60. The second kappa shape index (κ2) is 5.74. The van der Waals surface area contributed by atoms with Gasteiger partial charge in [0.2, 0.25) is 0 Å². The molecule has 2 rings (SSSR count). The highest BCUT2D eigenvalue weighted by atomic mass is 16.5. The number of nitrogens with two attached hydrogens (primary N) is 1. The Bertz CT molecular complexity index is 637. The van der Waals surface area contributed by atoms with Crippen LogP contribution >= 0.6 is 0 Å². The van der Waals surface area contributed by atoms with Crippen molar-refractivity contribution in [2.24, 2.45) is 10.9 Å². The van der Waals surface area contributed by atoms with Gasteiger partial charge in [-0.2, -0.15) is 5.10 Å². The van der Waals surface area contributed by atoms with Crippen molar-refractivity contribution in [3.05, 3.63) is 41.7 Å². The number of carbonyl (C=O) groups excluding carboxylic acids is 1. The van der Waals surface area contributed by atoms with Gasteiger partial charge >= 0.3 is 0 Å². The van der Waals surface area contributed by atoms with Gasteiger partial charge in [0.15, 0.2) is 5.84 Å². The molecule has 0 aliphatic heterocycles. The first-order valence-corrected chi connectivity index (χ1v) is 5.62. The van der Waals surface area contributed by atoms with Crippen LogP contribution in [0, 0.1) is 0 Å². The lowest BCUT2D eigenvalue weighted by Gasteiger charge is -2.13. The normalized spacial score (nSPS) is 11.2. The van der Waals surface area contributed by atoms with Crippen molar-refractivity contribution in [2.45, 2.75) is 0 Å². The van der Waals surface area contributed by atoms with Crippen LogP contribution in [0.5, 0.6) is 5.75 Å². The molecule has 1 aromatic heterocycles. The lowest BCUT2D eigenvalue weighted by Crippen LogP contribution is -2.19. The molecule has 20 heavy (non-hydrogen) atoms. The van der Waals surface area contributed by atoms with Gasteiger partial charge in [0, 0.05) is 11.8 Å². The number of ether oxygens (including phenoxy) is 1. The van der Waals surface area contributed by atoms with Crippen LogP contribution in [0.3, 0.4) is 0 Å². The summed E-state index contributed by atoms with van der Waals surface area (Å²) < 4.78 is 5.17. The minimum Gasteiger partial charge on any atom is -0.495 e. The molecule has 0 radical (unpaired) electrons. The number of benzene rings is 1. The van der Waals surface area contributed by atoms with Crippen LogP contribution in [-0.4, -0.2) is 34.3 Å². The van der Waals surface area contributed by atoms with Crippen molar-refractivity contribution in [3.8, 4) is 5.75 Å². The number of rotatable bonds is 4. The maximum atomic E-state index is 12.0. The topological polar surface area (TPSA) is 126 Å². The largest absolute Gasteiger partial charge is 0.495 e. The van der Waals surface area contributed by atoms with Crippen molar-refractivity contribution in [1.29, 1.82) is 0 Å². The standard InChI is InChI=1S/C12H13N5O3/c1-20-9-4-2-3-8(11(13)17-19)10(9)16-12(18)7-5-14-15-6-7/h2-6,19H,1H3,(H2,13,17)(H,14,15)(H,16,18). The minimum absolute atomic E-state index is 0.133. The predicted octanol–water partition coefficient (Wildman–Crippen LogP) is 0.765. The van der Waals surface area contributed by atoms with Gasteiger partial charge in [-0.15, -0.1) is 0 Å². The summed E-state index contributed by atoms with van der Waals surface area (Å²) in [5, 5.41) is 20.6. The third-order valence-corrected chi connectivity index (χ3v) is 2.63. The molecule has 0 aliphatic rings. The van der Waals surface area contributed by atoms with Crippen molar-refractivity contribution < 1.29 is 14.7 Å². The number of hydrogen-bond donors (Lipinski definition) is 4. The molecule has 0 bridgehead atoms. The van der Waals surface area contributed by atoms with E-state index in [2.05, 4.69) is 20.7 Å². The van der Waals surface area contributed by atoms with Crippen LogP contribution in [0.1, 0.15) is 15.9 Å². The number of para-hydroxylation sites is 1. The van der Waals surface area contributed by atoms with Crippen LogP contribution in [0.25, 0.3) is 0 Å². The van der Waals surface area contributed by atoms with Gasteiger partial charge in [-0.3, -0.25) is 9.89 Å². The van der Waals surface area contributed by atoms with Crippen molar-refractivity contribution in [3.63, 3.8) is 0 Å². The number of methoxy groups -OCH3 is 1. The Morgan fingerprint density at radius 2 is 2.35 bits per heavy atom. The highest BCUT2D eigenvalue weighted by Gasteiger charge is 2.16. The molecule has 0 atom stereocenters. The van der Waals surface area contributed by atoms with E-state index in [1.165, 1.54) is 19.5 Å². The number of H-pyrrole nitrogens is 1. The van der Waals surface area contributed by atoms with E-state index in [1.807, 2.05) is 0 Å². The third-order valence-electron chi connectivity index (χ3n) is 2.63. The highest BCUT2D eigenvalue weighted by molar-refractivity contribution is 6.10. The summed E-state index contributed by atoms with van der Waals surface area (Å²) in [7, 11) is 1.46. The van der Waals surface area contributed by atoms with Gasteiger partial charge in [0.05, 0.1) is 24.6 Å². The first-order valence-electron chi connectivity index (χ1n) is 5.62. The maximum absolute atomic E-state index is 12.0. The summed E-state index contributed by atoms with van der Waals surface area (Å²) >= 11 is 0. The predicted molar refractivity (Wildman–Crippen MR) is 72.0 cm³/mol. The monoisotopic (exact) mass is 275 g/mol. The number of oxime groups is 1. The number of aromatic nitrogens is 2. The molecule has 2 aromatic rings. The molecule has 0 fully saturated rings. The average Bonchev–Trinajstić information content (AvgIpc) is 3.01. The van der Waals surface area contributed by atoms with Gasteiger partial charge in [0.25, 0.3) is 5.91 Å². The summed E-state index contributed by atoms with van der Waals surface area (Å²) in [4.78, 5) is 12.0. The third kappa shape index (κ3) is 2.53. The Hall–Kier alpha value is -3.03. The molecular weight excluding hydrogens is 262 g/mol. The first kappa shape index (κ1) is 13.4. The number of carbonyl (C=O) groups is 1. The first-order chi connectivity index (χ1) is 9.67. The number of nitrogens with one attached hydrogen (secondary N) is 2. The minimum atomic E-state index is -0.393. The van der Waals surface area contributed by atoms with E-state index in [1.54, 1.807) is 18.2 Å². The van der Waals surface area contributed by atoms with Crippen LogP contribution in [0.2, 0.25) is 0 Å². The van der Waals surface area contributed by atoms with Crippen LogP contribution in [-0.2, 0) is 0 Å². The molecule has 1 heterocycles. The highest BCUT2D eigenvalue weighted by Crippen LogP contribution is 2.28. The second-order valence-corrected chi connectivity index (χ2v) is 3.81. The van der Waals surface area contributed by atoms with Crippen LogP contribution in [0.4, 0.5) is 5.69 Å². The fourth-order valence-electron chi connectivity index (χ4n) is 1.66. The Labute approximate surface area is 114 Å². The van der Waals surface area contributed by atoms with Gasteiger partial charge in [-0.25, -0.2) is 0 Å². The molecule has 1 aromatic carbocycles. The van der Waals surface area contributed by atoms with E-state index < -0.39 is 5.91 Å². The summed E-state index contributed by atoms with van der Waals surface area (Å²) in [6.07, 6.45) is 2.84. The fraction of sp³-hybridized carbons (Fsp3) is 0.0833. The number of anilines is 1. The number of hydrogen-bond acceptors (Lipinski definition) is 5. The number of amides is 1. The lowest BCUT2D eigenvalue weighted by atomic mass is 10.1. The summed E-state index contributed by atoms with van der Waals surface area (Å²) in [6, 6.07) is 4.92. The number of nitrogens with zero attached hydrogens (tertiary/aromatic N) is 2. The van der Waals surface area contributed by atoms with E-state index in [0.29, 0.717) is 22.6 Å². The molecule has 8 nitrogen and oxygen atoms in total. The summed E-state index contributed by atoms with van der Waals surface area (Å²) in [5.74, 6) is -0.132. The Morgan fingerprint density at radius 3 is 2.95 bits per heavy atom. The zero-order valence-corrected chi connectivity index (χ0v) is 10.6. The molecule has 1 amide bonds. The Balaban J connectivity index is 2.41. The number of amidine groups is 1. The van der Waals surface area contributed by atoms with E-state index >= 15 is 0 Å². The number of aromatic amines is 1. The molecule has 0 spiro atoms. The van der Waals surface area contributed by atoms with Gasteiger partial charge < -0.3 is 21.0 Å². The molecule has 0 saturated heterocycles. The zero-order chi connectivity index (χ0) is 14.5. The van der Waals surface area contributed by atoms with Gasteiger partial charge in [-0.05, 0) is 12.1 Å². The zero-order valence-electron chi connectivity index (χ0n) is 10.6. The molecule has 5 N–H and O–H groups in total. The lowest BCUT2D eigenvalue weighted by molar-refractivity contribution is 0.102. The quantitative estimate of drug-likeness (QED) is 0.284. The molecular formula is C12H13N5O3. The maximum Gasteiger partial charge on any atom is 0.258 e. The Kier molecular flexibility index (Phi) is 3.85. The van der Waals surface area contributed by atoms with E-state index in [0.717, 1.165) is 0 Å². The molecule has 0 aliphatic carbocycles. The van der Waals surface area contributed by atoms with E-state index in [4.69, 9.17) is 15.7 Å². The van der Waals surface area contributed by atoms with Crippen molar-refractivity contribution >= 4 is 17.4 Å². The van der Waals surface area contributed by atoms with Crippen molar-refractivity contribution in [1.82, 2.24) is 10.2 Å². The van der Waals surface area contributed by atoms with Crippen LogP contribution < -0.4 is 15.8 Å². The molecule has 8 heteroatoms. The molecule has 104 valence electrons. The average molecular weight is 275 g/mol. The second-order valence-electron chi connectivity index (χ2n) is 3.81. The van der Waals surface area contributed by atoms with Crippen molar-refractivity contribution in [2.75, 3.05) is 12.4 Å².